The molecule has 0 spiro atoms. The minimum atomic E-state index is -1.17. The Bertz CT molecular complexity index is 474. The van der Waals surface area contributed by atoms with Crippen molar-refractivity contribution in [3.05, 3.63) is 35.9 Å². The number of hydrogen-bond donors (Lipinski definition) is 1. The van der Waals surface area contributed by atoms with E-state index >= 15 is 0 Å². The molecule has 134 valence electrons. The van der Waals surface area contributed by atoms with Gasteiger partial charge in [-0.25, -0.2) is 4.79 Å². The number of ether oxygens (including phenoxy) is 2. The van der Waals surface area contributed by atoms with Crippen molar-refractivity contribution in [2.24, 2.45) is 0 Å². The van der Waals surface area contributed by atoms with E-state index in [9.17, 15) is 9.90 Å². The molecule has 1 saturated heterocycles. The summed E-state index contributed by atoms with van der Waals surface area (Å²) < 4.78 is 10.5. The molecule has 1 aliphatic rings. The van der Waals surface area contributed by atoms with E-state index in [0.29, 0.717) is 5.56 Å². The Balaban J connectivity index is 1.52. The molecule has 0 saturated carbocycles. The second kappa shape index (κ2) is 10.5. The fourth-order valence-corrected chi connectivity index (χ4v) is 2.94. The number of hydrogen-bond acceptors (Lipinski definition) is 4. The standard InChI is InChI=1S/C20H30O4/c1-2-3-4-5-6-7-8-12-15-17-18(23-17)20(22)24-19(21)16-13-10-9-11-14-16/h9-11,13-14,17-18,20,22H,2-8,12,15H2,1H3/t17-,18+,20?/m0/s1. The molecule has 24 heavy (non-hydrogen) atoms. The molecule has 1 heterocycles. The molecule has 0 aliphatic carbocycles. The number of benzene rings is 1. The molecule has 1 aromatic rings. The molecular formula is C20H30O4. The Hall–Kier alpha value is -1.39. The molecule has 4 nitrogen and oxygen atoms in total. The number of rotatable bonds is 12. The lowest BCUT2D eigenvalue weighted by atomic mass is 10.1. The molecule has 0 aromatic heterocycles. The van der Waals surface area contributed by atoms with E-state index in [1.54, 1.807) is 24.3 Å². The third kappa shape index (κ3) is 6.62. The Morgan fingerprint density at radius 1 is 1.08 bits per heavy atom. The van der Waals surface area contributed by atoms with Crippen LogP contribution in [-0.4, -0.2) is 29.6 Å². The van der Waals surface area contributed by atoms with E-state index < -0.39 is 12.3 Å². The first-order valence-electron chi connectivity index (χ1n) is 9.32. The maximum absolute atomic E-state index is 11.9. The summed E-state index contributed by atoms with van der Waals surface area (Å²) in [6.07, 6.45) is 9.65. The highest BCUT2D eigenvalue weighted by Gasteiger charge is 2.45. The Morgan fingerprint density at radius 2 is 1.71 bits per heavy atom. The zero-order valence-electron chi connectivity index (χ0n) is 14.7. The Morgan fingerprint density at radius 3 is 2.38 bits per heavy atom. The van der Waals surface area contributed by atoms with Crippen LogP contribution in [0.3, 0.4) is 0 Å². The normalized spacial score (nSPS) is 20.6. The van der Waals surface area contributed by atoms with E-state index in [1.165, 1.54) is 44.9 Å². The molecule has 1 aromatic carbocycles. The fourth-order valence-electron chi connectivity index (χ4n) is 2.94. The fraction of sp³-hybridized carbons (Fsp3) is 0.650. The van der Waals surface area contributed by atoms with Gasteiger partial charge in [0.1, 0.15) is 6.10 Å². The van der Waals surface area contributed by atoms with Crippen molar-refractivity contribution in [1.29, 1.82) is 0 Å². The summed E-state index contributed by atoms with van der Waals surface area (Å²) in [5.41, 5.74) is 0.442. The summed E-state index contributed by atoms with van der Waals surface area (Å²) >= 11 is 0. The van der Waals surface area contributed by atoms with Gasteiger partial charge in [-0.05, 0) is 18.6 Å². The smallest absolute Gasteiger partial charge is 0.340 e. The van der Waals surface area contributed by atoms with Gasteiger partial charge in [0.15, 0.2) is 0 Å². The Kier molecular flexibility index (Phi) is 8.26. The quantitative estimate of drug-likeness (QED) is 0.265. The highest BCUT2D eigenvalue weighted by molar-refractivity contribution is 5.89. The van der Waals surface area contributed by atoms with Crippen LogP contribution >= 0.6 is 0 Å². The second-order valence-electron chi connectivity index (χ2n) is 6.56. The van der Waals surface area contributed by atoms with Gasteiger partial charge in [-0.1, -0.05) is 76.5 Å². The second-order valence-corrected chi connectivity index (χ2v) is 6.56. The van der Waals surface area contributed by atoms with Gasteiger partial charge < -0.3 is 14.6 Å². The lowest BCUT2D eigenvalue weighted by Crippen LogP contribution is -2.24. The summed E-state index contributed by atoms with van der Waals surface area (Å²) in [5.74, 6) is -0.510. The summed E-state index contributed by atoms with van der Waals surface area (Å²) in [6, 6.07) is 8.70. The van der Waals surface area contributed by atoms with Crippen LogP contribution in [0.15, 0.2) is 30.3 Å². The number of epoxide rings is 1. The van der Waals surface area contributed by atoms with Gasteiger partial charge >= 0.3 is 5.97 Å². The minimum Gasteiger partial charge on any atom is -0.429 e. The van der Waals surface area contributed by atoms with E-state index in [2.05, 4.69) is 6.92 Å². The monoisotopic (exact) mass is 334 g/mol. The topological polar surface area (TPSA) is 59.1 Å². The van der Waals surface area contributed by atoms with Gasteiger partial charge in [-0.2, -0.15) is 0 Å². The zero-order chi connectivity index (χ0) is 17.2. The van der Waals surface area contributed by atoms with Gasteiger partial charge in [0, 0.05) is 0 Å². The van der Waals surface area contributed by atoms with Crippen LogP contribution < -0.4 is 0 Å². The van der Waals surface area contributed by atoms with Crippen LogP contribution in [0.1, 0.15) is 75.1 Å². The van der Waals surface area contributed by atoms with Crippen LogP contribution in [0.5, 0.6) is 0 Å². The number of carbonyl (C=O) groups is 1. The summed E-state index contributed by atoms with van der Waals surface area (Å²) in [7, 11) is 0. The molecule has 1 fully saturated rings. The molecule has 0 amide bonds. The molecule has 2 rings (SSSR count). The number of aliphatic hydroxyl groups excluding tert-OH is 1. The van der Waals surface area contributed by atoms with Gasteiger partial charge in [-0.15, -0.1) is 0 Å². The molecule has 1 unspecified atom stereocenters. The largest absolute Gasteiger partial charge is 0.429 e. The van der Waals surface area contributed by atoms with Crippen molar-refractivity contribution in [2.45, 2.75) is 83.2 Å². The molecule has 3 atom stereocenters. The number of aliphatic hydroxyl groups is 1. The highest BCUT2D eigenvalue weighted by Crippen LogP contribution is 2.31. The van der Waals surface area contributed by atoms with Crippen LogP contribution in [-0.2, 0) is 9.47 Å². The lowest BCUT2D eigenvalue weighted by molar-refractivity contribution is -0.0779. The van der Waals surface area contributed by atoms with E-state index in [1.807, 2.05) is 6.07 Å². The third-order valence-electron chi connectivity index (χ3n) is 4.48. The van der Waals surface area contributed by atoms with Crippen LogP contribution in [0.25, 0.3) is 0 Å². The summed E-state index contributed by atoms with van der Waals surface area (Å²) in [4.78, 5) is 11.9. The number of esters is 1. The maximum Gasteiger partial charge on any atom is 0.340 e. The van der Waals surface area contributed by atoms with Crippen molar-refractivity contribution >= 4 is 5.97 Å². The minimum absolute atomic E-state index is 0.0312. The molecular weight excluding hydrogens is 304 g/mol. The average molecular weight is 334 g/mol. The number of unbranched alkanes of at least 4 members (excludes halogenated alkanes) is 7. The van der Waals surface area contributed by atoms with Crippen LogP contribution in [0, 0.1) is 0 Å². The molecule has 1 aliphatic heterocycles. The highest BCUT2D eigenvalue weighted by atomic mass is 16.7. The van der Waals surface area contributed by atoms with Crippen molar-refractivity contribution in [3.63, 3.8) is 0 Å². The molecule has 0 bridgehead atoms. The summed E-state index contributed by atoms with van der Waals surface area (Å²) in [5, 5.41) is 9.95. The van der Waals surface area contributed by atoms with Crippen molar-refractivity contribution < 1.29 is 19.4 Å². The third-order valence-corrected chi connectivity index (χ3v) is 4.48. The van der Waals surface area contributed by atoms with E-state index in [0.717, 1.165) is 12.8 Å². The van der Waals surface area contributed by atoms with Crippen molar-refractivity contribution in [2.75, 3.05) is 0 Å². The first kappa shape index (κ1) is 18.9. The van der Waals surface area contributed by atoms with Crippen LogP contribution in [0.4, 0.5) is 0 Å². The van der Waals surface area contributed by atoms with E-state index in [4.69, 9.17) is 9.47 Å². The SMILES string of the molecule is CCCCCCCCCC[C@@H]1O[C@H]1C(O)OC(=O)c1ccccc1. The predicted molar refractivity (Wildman–Crippen MR) is 93.8 cm³/mol. The number of carbonyl (C=O) groups excluding carboxylic acids is 1. The first-order valence-corrected chi connectivity index (χ1v) is 9.32. The van der Waals surface area contributed by atoms with Crippen molar-refractivity contribution in [3.8, 4) is 0 Å². The first-order chi connectivity index (χ1) is 11.7. The van der Waals surface area contributed by atoms with Gasteiger partial charge in [-0.3, -0.25) is 0 Å². The molecule has 0 radical (unpaired) electrons. The van der Waals surface area contributed by atoms with Gasteiger partial charge in [0.05, 0.1) is 11.7 Å². The average Bonchev–Trinajstić information content (AvgIpc) is 3.38. The lowest BCUT2D eigenvalue weighted by Gasteiger charge is -2.09. The maximum atomic E-state index is 11.9. The van der Waals surface area contributed by atoms with Crippen molar-refractivity contribution in [1.82, 2.24) is 0 Å². The van der Waals surface area contributed by atoms with Gasteiger partial charge in [0.2, 0.25) is 6.29 Å². The summed E-state index contributed by atoms with van der Waals surface area (Å²) in [6.45, 7) is 2.23. The zero-order valence-corrected chi connectivity index (χ0v) is 14.7. The van der Waals surface area contributed by atoms with Crippen LogP contribution in [0.2, 0.25) is 0 Å². The Labute approximate surface area is 145 Å². The molecule has 4 heteroatoms. The van der Waals surface area contributed by atoms with Gasteiger partial charge in [0.25, 0.3) is 0 Å². The van der Waals surface area contributed by atoms with E-state index in [-0.39, 0.29) is 12.2 Å². The predicted octanol–water partition coefficient (Wildman–Crippen LogP) is 4.46. The molecule has 1 N–H and O–H groups in total.